The smallest absolute Gasteiger partial charge is 0.270 e. The van der Waals surface area contributed by atoms with E-state index in [1.165, 1.54) is 16.9 Å². The second-order valence-corrected chi connectivity index (χ2v) is 8.97. The number of carbonyl (C=O) groups is 2. The van der Waals surface area contributed by atoms with Gasteiger partial charge in [-0.25, -0.2) is 4.98 Å². The van der Waals surface area contributed by atoms with E-state index in [-0.39, 0.29) is 17.7 Å². The summed E-state index contributed by atoms with van der Waals surface area (Å²) >= 11 is 6.29. The van der Waals surface area contributed by atoms with Gasteiger partial charge in [0, 0.05) is 38.0 Å². The van der Waals surface area contributed by atoms with E-state index in [2.05, 4.69) is 20.7 Å². The Morgan fingerprint density at radius 3 is 2.62 bits per heavy atom. The second kappa shape index (κ2) is 10.2. The van der Waals surface area contributed by atoms with E-state index in [0.29, 0.717) is 33.4 Å². The number of amides is 2. The summed E-state index contributed by atoms with van der Waals surface area (Å²) < 4.78 is 2.23. The number of pyridine rings is 2. The summed E-state index contributed by atoms with van der Waals surface area (Å²) in [6, 6.07) is 5.88. The van der Waals surface area contributed by atoms with Gasteiger partial charge in [0.25, 0.3) is 5.91 Å². The van der Waals surface area contributed by atoms with Gasteiger partial charge in [-0.15, -0.1) is 0 Å². The van der Waals surface area contributed by atoms with Crippen molar-refractivity contribution in [2.24, 2.45) is 13.0 Å². The van der Waals surface area contributed by atoms with Crippen molar-refractivity contribution in [1.82, 2.24) is 20.1 Å². The Labute approximate surface area is 202 Å². The van der Waals surface area contributed by atoms with Crippen molar-refractivity contribution >= 4 is 29.2 Å². The molecule has 1 atom stereocenters. The summed E-state index contributed by atoms with van der Waals surface area (Å²) in [4.78, 5) is 30.4. The minimum Gasteiger partial charge on any atom is -0.618 e. The largest absolute Gasteiger partial charge is 0.618 e. The SMILES string of the molecule is Cc1c(-c2ccc(NC(=O)[C@@H](NC(=O)c3ccnn3C)C3CCCCC3)nc2)c(Cl)cc[n+]1[O-]. The van der Waals surface area contributed by atoms with Crippen LogP contribution < -0.4 is 15.4 Å². The van der Waals surface area contributed by atoms with Gasteiger partial charge in [0.1, 0.15) is 17.6 Å². The third-order valence-corrected chi connectivity index (χ3v) is 6.65. The molecular weight excluding hydrogens is 456 g/mol. The molecule has 1 aliphatic carbocycles. The highest BCUT2D eigenvalue weighted by Gasteiger charge is 2.32. The van der Waals surface area contributed by atoms with Crippen LogP contribution in [0.15, 0.2) is 42.9 Å². The summed E-state index contributed by atoms with van der Waals surface area (Å²) in [6.45, 7) is 1.68. The molecule has 34 heavy (non-hydrogen) atoms. The van der Waals surface area contributed by atoms with Crippen molar-refractivity contribution in [3.63, 3.8) is 0 Å². The Morgan fingerprint density at radius 2 is 1.97 bits per heavy atom. The lowest BCUT2D eigenvalue weighted by molar-refractivity contribution is -0.611. The number of hydrogen-bond donors (Lipinski definition) is 2. The molecule has 2 amide bonds. The summed E-state index contributed by atoms with van der Waals surface area (Å²) in [5, 5.41) is 22.2. The quantitative estimate of drug-likeness (QED) is 0.412. The number of aromatic nitrogens is 4. The van der Waals surface area contributed by atoms with Crippen LogP contribution in [-0.2, 0) is 11.8 Å². The first kappa shape index (κ1) is 23.7. The Kier molecular flexibility index (Phi) is 7.12. The zero-order chi connectivity index (χ0) is 24.2. The van der Waals surface area contributed by atoms with Crippen molar-refractivity contribution < 1.29 is 14.3 Å². The molecule has 0 aliphatic heterocycles. The van der Waals surface area contributed by atoms with Crippen LogP contribution in [0.25, 0.3) is 11.1 Å². The minimum absolute atomic E-state index is 0.0449. The highest BCUT2D eigenvalue weighted by molar-refractivity contribution is 6.33. The van der Waals surface area contributed by atoms with Crippen molar-refractivity contribution in [1.29, 1.82) is 0 Å². The molecule has 9 nitrogen and oxygen atoms in total. The first-order valence-corrected chi connectivity index (χ1v) is 11.7. The van der Waals surface area contributed by atoms with Gasteiger partial charge in [0.05, 0.1) is 10.6 Å². The number of anilines is 1. The Bertz CT molecular complexity index is 1190. The molecule has 0 bridgehead atoms. The lowest BCUT2D eigenvalue weighted by atomic mass is 9.83. The predicted octanol–water partition coefficient (Wildman–Crippen LogP) is 3.39. The highest BCUT2D eigenvalue weighted by Crippen LogP contribution is 2.30. The molecule has 4 rings (SSSR count). The Balaban J connectivity index is 1.52. The molecule has 2 N–H and O–H groups in total. The molecule has 1 aliphatic rings. The average Bonchev–Trinajstić information content (AvgIpc) is 3.27. The van der Waals surface area contributed by atoms with E-state index in [0.717, 1.165) is 36.8 Å². The lowest BCUT2D eigenvalue weighted by Crippen LogP contribution is -2.49. The van der Waals surface area contributed by atoms with Crippen LogP contribution in [0.1, 0.15) is 48.3 Å². The Morgan fingerprint density at radius 1 is 1.21 bits per heavy atom. The third-order valence-electron chi connectivity index (χ3n) is 6.33. The molecular formula is C24H27ClN6O3. The number of rotatable bonds is 6. The summed E-state index contributed by atoms with van der Waals surface area (Å²) in [5.74, 6) is -0.254. The predicted molar refractivity (Wildman–Crippen MR) is 128 cm³/mol. The molecule has 3 aromatic rings. The van der Waals surface area contributed by atoms with Gasteiger partial charge in [-0.05, 0) is 37.0 Å². The van der Waals surface area contributed by atoms with E-state index in [1.54, 1.807) is 44.6 Å². The van der Waals surface area contributed by atoms with Crippen LogP contribution in [0, 0.1) is 18.0 Å². The molecule has 3 aromatic heterocycles. The van der Waals surface area contributed by atoms with Gasteiger partial charge < -0.3 is 15.8 Å². The van der Waals surface area contributed by atoms with Crippen LogP contribution in [0.3, 0.4) is 0 Å². The van der Waals surface area contributed by atoms with Gasteiger partial charge in [0.15, 0.2) is 11.9 Å². The molecule has 3 heterocycles. The number of hydrogen-bond acceptors (Lipinski definition) is 5. The number of carbonyl (C=O) groups excluding carboxylic acids is 2. The molecule has 10 heteroatoms. The van der Waals surface area contributed by atoms with Crippen LogP contribution in [0.4, 0.5) is 5.82 Å². The fraction of sp³-hybridized carbons (Fsp3) is 0.375. The number of aryl methyl sites for hydroxylation is 1. The zero-order valence-corrected chi connectivity index (χ0v) is 19.9. The molecule has 0 unspecified atom stereocenters. The normalized spacial score (nSPS) is 15.0. The van der Waals surface area contributed by atoms with Crippen molar-refractivity contribution in [3.05, 3.63) is 64.5 Å². The first-order chi connectivity index (χ1) is 16.3. The molecule has 1 saturated carbocycles. The molecule has 0 spiro atoms. The molecule has 0 aromatic carbocycles. The maximum Gasteiger partial charge on any atom is 0.270 e. The lowest BCUT2D eigenvalue weighted by Gasteiger charge is -2.30. The summed E-state index contributed by atoms with van der Waals surface area (Å²) in [6.07, 6.45) is 9.40. The van der Waals surface area contributed by atoms with Gasteiger partial charge in [0.2, 0.25) is 5.91 Å². The third kappa shape index (κ3) is 5.04. The zero-order valence-electron chi connectivity index (χ0n) is 19.1. The van der Waals surface area contributed by atoms with E-state index < -0.39 is 6.04 Å². The fourth-order valence-electron chi connectivity index (χ4n) is 4.45. The van der Waals surface area contributed by atoms with E-state index in [1.807, 2.05) is 0 Å². The standard InChI is InChI=1S/C24H27ClN6O3/c1-15-21(18(25)11-13-31(15)34)17-8-9-20(26-14-17)28-24(33)22(16-6-4-3-5-7-16)29-23(32)19-10-12-27-30(19)2/h8-14,16,22H,3-7H2,1-2H3,(H,29,32)(H,26,28,33)/t22-/m0/s1. The van der Waals surface area contributed by atoms with Gasteiger partial charge in [-0.1, -0.05) is 30.9 Å². The van der Waals surface area contributed by atoms with Gasteiger partial charge in [-0.3, -0.25) is 14.3 Å². The monoisotopic (exact) mass is 482 g/mol. The molecule has 0 radical (unpaired) electrons. The van der Waals surface area contributed by atoms with Crippen molar-refractivity contribution in [3.8, 4) is 11.1 Å². The maximum absolute atomic E-state index is 13.3. The van der Waals surface area contributed by atoms with Crippen LogP contribution >= 0.6 is 11.6 Å². The fourth-order valence-corrected chi connectivity index (χ4v) is 4.76. The van der Waals surface area contributed by atoms with Crippen molar-refractivity contribution in [2.75, 3.05) is 5.32 Å². The number of halogens is 1. The first-order valence-electron chi connectivity index (χ1n) is 11.3. The molecule has 178 valence electrons. The Hall–Kier alpha value is -3.46. The van der Waals surface area contributed by atoms with E-state index in [9.17, 15) is 14.8 Å². The summed E-state index contributed by atoms with van der Waals surface area (Å²) in [5.41, 5.74) is 2.11. The number of nitrogens with zero attached hydrogens (tertiary/aromatic N) is 4. The molecule has 1 fully saturated rings. The van der Waals surface area contributed by atoms with E-state index in [4.69, 9.17) is 11.6 Å². The number of nitrogens with one attached hydrogen (secondary N) is 2. The van der Waals surface area contributed by atoms with E-state index >= 15 is 0 Å². The van der Waals surface area contributed by atoms with Crippen LogP contribution in [0.5, 0.6) is 0 Å². The maximum atomic E-state index is 13.3. The van der Waals surface area contributed by atoms with Crippen molar-refractivity contribution in [2.45, 2.75) is 45.1 Å². The van der Waals surface area contributed by atoms with Crippen LogP contribution in [-0.4, -0.2) is 32.6 Å². The topological polar surface area (TPSA) is 116 Å². The van der Waals surface area contributed by atoms with Gasteiger partial charge >= 0.3 is 0 Å². The highest BCUT2D eigenvalue weighted by atomic mass is 35.5. The second-order valence-electron chi connectivity index (χ2n) is 8.56. The minimum atomic E-state index is -0.686. The summed E-state index contributed by atoms with van der Waals surface area (Å²) in [7, 11) is 1.69. The molecule has 0 saturated heterocycles. The average molecular weight is 483 g/mol. The van der Waals surface area contributed by atoms with Crippen LogP contribution in [0.2, 0.25) is 5.02 Å². The van der Waals surface area contributed by atoms with Gasteiger partial charge in [-0.2, -0.15) is 9.83 Å².